The van der Waals surface area contributed by atoms with E-state index in [2.05, 4.69) is 14.7 Å². The molecule has 0 aromatic carbocycles. The van der Waals surface area contributed by atoms with E-state index in [0.717, 1.165) is 12.8 Å². The molecule has 0 amide bonds. The molecule has 100 valence electrons. The smallest absolute Gasteiger partial charge is 0.306 e. The normalized spacial score (nSPS) is 24.2. The number of hydrogen-bond acceptors (Lipinski definition) is 4. The first kappa shape index (κ1) is 13.0. The minimum Gasteiger partial charge on any atom is -0.481 e. The van der Waals surface area contributed by atoms with Gasteiger partial charge in [0.25, 0.3) is 10.0 Å². The van der Waals surface area contributed by atoms with Crippen LogP contribution in [0.1, 0.15) is 19.3 Å². The summed E-state index contributed by atoms with van der Waals surface area (Å²) in [6, 6.07) is 0. The molecule has 7 nitrogen and oxygen atoms in total. The molecule has 0 spiro atoms. The molecular weight excluding hydrogens is 258 g/mol. The lowest BCUT2D eigenvalue weighted by atomic mass is 9.97. The molecule has 1 saturated carbocycles. The maximum atomic E-state index is 11.8. The maximum absolute atomic E-state index is 11.8. The lowest BCUT2D eigenvalue weighted by Gasteiger charge is -2.15. The zero-order chi connectivity index (χ0) is 13.2. The largest absolute Gasteiger partial charge is 0.481 e. The van der Waals surface area contributed by atoms with Gasteiger partial charge in [-0.3, -0.25) is 4.79 Å². The standard InChI is InChI=1S/C10H15N3O4S/c14-10(15)8-3-1-2-7(8)4-13-18(16,17)9-5-11-6-12-9/h5-8,13H,1-4H2,(H,11,12)(H,14,15). The van der Waals surface area contributed by atoms with Gasteiger partial charge >= 0.3 is 5.97 Å². The molecule has 18 heavy (non-hydrogen) atoms. The predicted octanol–water partition coefficient (Wildman–Crippen LogP) is 0.189. The molecule has 0 bridgehead atoms. The second kappa shape index (κ2) is 5.07. The summed E-state index contributed by atoms with van der Waals surface area (Å²) in [6.07, 6.45) is 4.68. The van der Waals surface area contributed by atoms with E-state index in [1.54, 1.807) is 0 Å². The van der Waals surface area contributed by atoms with Crippen molar-refractivity contribution in [3.63, 3.8) is 0 Å². The number of aromatic nitrogens is 2. The van der Waals surface area contributed by atoms with Crippen molar-refractivity contribution < 1.29 is 18.3 Å². The molecule has 0 aliphatic heterocycles. The summed E-state index contributed by atoms with van der Waals surface area (Å²) in [7, 11) is -3.61. The fourth-order valence-electron chi connectivity index (χ4n) is 2.29. The number of imidazole rings is 1. The van der Waals surface area contributed by atoms with E-state index in [1.165, 1.54) is 12.5 Å². The van der Waals surface area contributed by atoms with Crippen molar-refractivity contribution in [3.8, 4) is 0 Å². The number of carbonyl (C=O) groups is 1. The second-order valence-corrected chi connectivity index (χ2v) is 6.14. The van der Waals surface area contributed by atoms with Gasteiger partial charge in [-0.1, -0.05) is 6.42 Å². The summed E-state index contributed by atoms with van der Waals surface area (Å²) in [5, 5.41) is 9.00. The van der Waals surface area contributed by atoms with Crippen LogP contribution in [0.3, 0.4) is 0 Å². The molecular formula is C10H15N3O4S. The zero-order valence-corrected chi connectivity index (χ0v) is 10.5. The fourth-order valence-corrected chi connectivity index (χ4v) is 3.29. The third-order valence-electron chi connectivity index (χ3n) is 3.27. The monoisotopic (exact) mass is 273 g/mol. The summed E-state index contributed by atoms with van der Waals surface area (Å²) >= 11 is 0. The first-order chi connectivity index (χ1) is 8.50. The van der Waals surface area contributed by atoms with Gasteiger partial charge in [0.1, 0.15) is 0 Å². The van der Waals surface area contributed by atoms with Crippen molar-refractivity contribution >= 4 is 16.0 Å². The van der Waals surface area contributed by atoms with Crippen molar-refractivity contribution in [1.29, 1.82) is 0 Å². The van der Waals surface area contributed by atoms with Gasteiger partial charge in [-0.05, 0) is 18.8 Å². The van der Waals surface area contributed by atoms with Crippen LogP contribution in [0.4, 0.5) is 0 Å². The van der Waals surface area contributed by atoms with Crippen molar-refractivity contribution in [1.82, 2.24) is 14.7 Å². The van der Waals surface area contributed by atoms with E-state index >= 15 is 0 Å². The number of hydrogen-bond donors (Lipinski definition) is 3. The number of carboxylic acids is 1. The maximum Gasteiger partial charge on any atom is 0.306 e. The van der Waals surface area contributed by atoms with Crippen LogP contribution >= 0.6 is 0 Å². The number of aromatic amines is 1. The van der Waals surface area contributed by atoms with Gasteiger partial charge in [0.2, 0.25) is 0 Å². The summed E-state index contributed by atoms with van der Waals surface area (Å²) < 4.78 is 26.0. The third kappa shape index (κ3) is 2.70. The van der Waals surface area contributed by atoms with Crippen molar-refractivity contribution in [2.24, 2.45) is 11.8 Å². The number of H-pyrrole nitrogens is 1. The van der Waals surface area contributed by atoms with Crippen LogP contribution < -0.4 is 4.72 Å². The Morgan fingerprint density at radius 3 is 2.94 bits per heavy atom. The average molecular weight is 273 g/mol. The lowest BCUT2D eigenvalue weighted by molar-refractivity contribution is -0.142. The number of rotatable bonds is 5. The first-order valence-electron chi connectivity index (χ1n) is 5.71. The van der Waals surface area contributed by atoms with Gasteiger partial charge in [-0.2, -0.15) is 0 Å². The minimum atomic E-state index is -3.61. The van der Waals surface area contributed by atoms with Crippen LogP contribution in [0.2, 0.25) is 0 Å². The van der Waals surface area contributed by atoms with Crippen LogP contribution in [0.5, 0.6) is 0 Å². The second-order valence-electron chi connectivity index (χ2n) is 4.40. The lowest BCUT2D eigenvalue weighted by Crippen LogP contribution is -2.33. The van der Waals surface area contributed by atoms with Gasteiger partial charge in [0.05, 0.1) is 18.4 Å². The molecule has 1 fully saturated rings. The summed E-state index contributed by atoms with van der Waals surface area (Å²) in [5.41, 5.74) is 0. The number of aliphatic carboxylic acids is 1. The van der Waals surface area contributed by atoms with Crippen LogP contribution in [0, 0.1) is 11.8 Å². The van der Waals surface area contributed by atoms with Crippen molar-refractivity contribution in [3.05, 3.63) is 12.5 Å². The SMILES string of the molecule is O=C(O)C1CCCC1CNS(=O)(=O)c1cnc[nH]1. The number of nitrogens with zero attached hydrogens (tertiary/aromatic N) is 1. The predicted molar refractivity (Wildman–Crippen MR) is 62.2 cm³/mol. The molecule has 0 radical (unpaired) electrons. The van der Waals surface area contributed by atoms with Crippen LogP contribution in [0.15, 0.2) is 17.6 Å². The van der Waals surface area contributed by atoms with E-state index in [-0.39, 0.29) is 17.5 Å². The Bertz CT molecular complexity index is 511. The summed E-state index contributed by atoms with van der Waals surface area (Å²) in [4.78, 5) is 17.1. The minimum absolute atomic E-state index is 0.00706. The average Bonchev–Trinajstić information content (AvgIpc) is 2.97. The van der Waals surface area contributed by atoms with Gasteiger partial charge in [0, 0.05) is 6.54 Å². The van der Waals surface area contributed by atoms with Crippen LogP contribution in [-0.4, -0.2) is 36.0 Å². The Kier molecular flexibility index (Phi) is 3.67. The molecule has 1 aliphatic rings. The Morgan fingerprint density at radius 2 is 2.33 bits per heavy atom. The van der Waals surface area contributed by atoms with E-state index in [1.807, 2.05) is 0 Å². The molecule has 2 rings (SSSR count). The molecule has 2 unspecified atom stereocenters. The van der Waals surface area contributed by atoms with Crippen LogP contribution in [-0.2, 0) is 14.8 Å². The molecule has 1 heterocycles. The molecule has 1 aromatic heterocycles. The van der Waals surface area contributed by atoms with E-state index in [0.29, 0.717) is 6.42 Å². The number of carboxylic acid groups (broad SMARTS) is 1. The fraction of sp³-hybridized carbons (Fsp3) is 0.600. The van der Waals surface area contributed by atoms with E-state index in [4.69, 9.17) is 5.11 Å². The topological polar surface area (TPSA) is 112 Å². The Morgan fingerprint density at radius 1 is 1.56 bits per heavy atom. The Hall–Kier alpha value is -1.41. The number of nitrogens with one attached hydrogen (secondary N) is 2. The third-order valence-corrected chi connectivity index (χ3v) is 4.62. The first-order valence-corrected chi connectivity index (χ1v) is 7.20. The molecule has 0 saturated heterocycles. The highest BCUT2D eigenvalue weighted by Crippen LogP contribution is 2.31. The van der Waals surface area contributed by atoms with Gasteiger partial charge in [-0.15, -0.1) is 0 Å². The molecule has 8 heteroatoms. The Balaban J connectivity index is 1.98. The number of sulfonamides is 1. The molecule has 1 aromatic rings. The molecule has 1 aliphatic carbocycles. The van der Waals surface area contributed by atoms with Crippen molar-refractivity contribution in [2.45, 2.75) is 24.3 Å². The molecule has 3 N–H and O–H groups in total. The molecule has 2 atom stereocenters. The van der Waals surface area contributed by atoms with Gasteiger partial charge in [0.15, 0.2) is 5.03 Å². The van der Waals surface area contributed by atoms with Crippen molar-refractivity contribution in [2.75, 3.05) is 6.54 Å². The highest BCUT2D eigenvalue weighted by molar-refractivity contribution is 7.89. The highest BCUT2D eigenvalue weighted by Gasteiger charge is 2.33. The van der Waals surface area contributed by atoms with Gasteiger partial charge < -0.3 is 10.1 Å². The summed E-state index contributed by atoms with van der Waals surface area (Å²) in [5.74, 6) is -1.44. The van der Waals surface area contributed by atoms with E-state index < -0.39 is 21.9 Å². The zero-order valence-electron chi connectivity index (χ0n) is 9.67. The Labute approximate surface area is 105 Å². The van der Waals surface area contributed by atoms with Gasteiger partial charge in [-0.25, -0.2) is 18.1 Å². The summed E-state index contributed by atoms with van der Waals surface area (Å²) in [6.45, 7) is 0.151. The van der Waals surface area contributed by atoms with Crippen LogP contribution in [0.25, 0.3) is 0 Å². The highest BCUT2D eigenvalue weighted by atomic mass is 32.2. The quantitative estimate of drug-likeness (QED) is 0.709. The van der Waals surface area contributed by atoms with E-state index in [9.17, 15) is 13.2 Å².